The van der Waals surface area contributed by atoms with Crippen molar-refractivity contribution >= 4 is 0 Å². The first-order valence-electron chi connectivity index (χ1n) is 4.48. The van der Waals surface area contributed by atoms with Crippen molar-refractivity contribution in [1.82, 2.24) is 0 Å². The lowest BCUT2D eigenvalue weighted by molar-refractivity contribution is 0.0242. The molecule has 2 atom stereocenters. The minimum absolute atomic E-state index is 0.361. The zero-order valence-corrected chi connectivity index (χ0v) is 7.58. The summed E-state index contributed by atoms with van der Waals surface area (Å²) in [6.07, 6.45) is 0.361. The molecule has 1 aromatic rings. The molecule has 0 aromatic heterocycles. The number of hydrogen-bond acceptors (Lipinski definition) is 1. The Labute approximate surface area is 73.4 Å². The van der Waals surface area contributed by atoms with E-state index in [0.717, 1.165) is 6.61 Å². The van der Waals surface area contributed by atoms with Crippen LogP contribution in [0.2, 0.25) is 0 Å². The van der Waals surface area contributed by atoms with Crippen molar-refractivity contribution in [3.8, 4) is 0 Å². The van der Waals surface area contributed by atoms with Gasteiger partial charge in [-0.3, -0.25) is 0 Å². The Hall–Kier alpha value is -0.820. The smallest absolute Gasteiger partial charge is 0.0723 e. The summed E-state index contributed by atoms with van der Waals surface area (Å²) in [6.45, 7) is 5.14. The maximum absolute atomic E-state index is 5.62. The molecule has 0 aliphatic carbocycles. The lowest BCUT2D eigenvalue weighted by Crippen LogP contribution is -2.22. The van der Waals surface area contributed by atoms with E-state index in [2.05, 4.69) is 38.1 Å². The van der Waals surface area contributed by atoms with Gasteiger partial charge in [-0.1, -0.05) is 31.2 Å². The van der Waals surface area contributed by atoms with Gasteiger partial charge in [0.1, 0.15) is 0 Å². The SMILES string of the molecule is CC1OCc2ccccc2C1C. The molecule has 0 radical (unpaired) electrons. The van der Waals surface area contributed by atoms with E-state index in [1.54, 1.807) is 0 Å². The van der Waals surface area contributed by atoms with Crippen LogP contribution in [-0.4, -0.2) is 6.10 Å². The van der Waals surface area contributed by atoms with Crippen LogP contribution < -0.4 is 0 Å². The summed E-state index contributed by atoms with van der Waals surface area (Å²) in [5.41, 5.74) is 2.80. The van der Waals surface area contributed by atoms with Gasteiger partial charge in [-0.2, -0.15) is 0 Å². The minimum atomic E-state index is 0.361. The van der Waals surface area contributed by atoms with Crippen LogP contribution in [-0.2, 0) is 11.3 Å². The average Bonchev–Trinajstić information content (AvgIpc) is 2.12. The van der Waals surface area contributed by atoms with Crippen molar-refractivity contribution in [2.24, 2.45) is 0 Å². The second kappa shape index (κ2) is 2.91. The van der Waals surface area contributed by atoms with Gasteiger partial charge in [0.2, 0.25) is 0 Å². The van der Waals surface area contributed by atoms with Gasteiger partial charge in [0.25, 0.3) is 0 Å². The molecule has 1 nitrogen and oxygen atoms in total. The molecule has 0 spiro atoms. The highest BCUT2D eigenvalue weighted by Gasteiger charge is 2.22. The second-order valence-electron chi connectivity index (χ2n) is 3.50. The first kappa shape index (κ1) is 7.81. The van der Waals surface area contributed by atoms with Crippen molar-refractivity contribution in [2.45, 2.75) is 32.5 Å². The molecule has 64 valence electrons. The molecule has 1 aliphatic heterocycles. The molecule has 2 rings (SSSR count). The van der Waals surface area contributed by atoms with Crippen LogP contribution in [0.4, 0.5) is 0 Å². The number of rotatable bonds is 0. The Morgan fingerprint density at radius 1 is 1.25 bits per heavy atom. The zero-order valence-electron chi connectivity index (χ0n) is 7.58. The maximum Gasteiger partial charge on any atom is 0.0723 e. The lowest BCUT2D eigenvalue weighted by Gasteiger charge is -2.28. The molecule has 0 N–H and O–H groups in total. The van der Waals surface area contributed by atoms with Crippen LogP contribution in [0.3, 0.4) is 0 Å². The topological polar surface area (TPSA) is 9.23 Å². The summed E-state index contributed by atoms with van der Waals surface area (Å²) in [5.74, 6) is 0.537. The highest BCUT2D eigenvalue weighted by atomic mass is 16.5. The molecular formula is C11H14O. The quantitative estimate of drug-likeness (QED) is 0.570. The molecule has 0 fully saturated rings. The molecule has 0 amide bonds. The Morgan fingerprint density at radius 2 is 2.00 bits per heavy atom. The van der Waals surface area contributed by atoms with Gasteiger partial charge in [-0.05, 0) is 18.1 Å². The predicted molar refractivity (Wildman–Crippen MR) is 49.1 cm³/mol. The maximum atomic E-state index is 5.62. The first-order chi connectivity index (χ1) is 5.79. The monoisotopic (exact) mass is 162 g/mol. The molecule has 1 aromatic carbocycles. The highest BCUT2D eigenvalue weighted by molar-refractivity contribution is 5.31. The van der Waals surface area contributed by atoms with E-state index in [9.17, 15) is 0 Å². The number of ether oxygens (including phenoxy) is 1. The largest absolute Gasteiger partial charge is 0.373 e. The predicted octanol–water partition coefficient (Wildman–Crippen LogP) is 2.71. The molecule has 1 aliphatic rings. The molecule has 0 saturated heterocycles. The van der Waals surface area contributed by atoms with E-state index >= 15 is 0 Å². The molecule has 1 heteroatoms. The van der Waals surface area contributed by atoms with E-state index in [0.29, 0.717) is 12.0 Å². The average molecular weight is 162 g/mol. The van der Waals surface area contributed by atoms with Gasteiger partial charge in [0, 0.05) is 5.92 Å². The Kier molecular flexibility index (Phi) is 1.89. The normalized spacial score (nSPS) is 28.2. The van der Waals surface area contributed by atoms with E-state index < -0.39 is 0 Å². The van der Waals surface area contributed by atoms with E-state index in [1.165, 1.54) is 11.1 Å². The van der Waals surface area contributed by atoms with Crippen molar-refractivity contribution in [3.63, 3.8) is 0 Å². The fraction of sp³-hybridized carbons (Fsp3) is 0.455. The van der Waals surface area contributed by atoms with Gasteiger partial charge in [-0.15, -0.1) is 0 Å². The summed E-state index contributed by atoms with van der Waals surface area (Å²) in [6, 6.07) is 8.54. The third-order valence-electron chi connectivity index (χ3n) is 2.75. The van der Waals surface area contributed by atoms with Crippen LogP contribution in [0.1, 0.15) is 30.9 Å². The van der Waals surface area contributed by atoms with Crippen molar-refractivity contribution in [1.29, 1.82) is 0 Å². The van der Waals surface area contributed by atoms with Crippen molar-refractivity contribution in [3.05, 3.63) is 35.4 Å². The summed E-state index contributed by atoms with van der Waals surface area (Å²) in [5, 5.41) is 0. The van der Waals surface area contributed by atoms with Crippen molar-refractivity contribution < 1.29 is 4.74 Å². The number of hydrogen-bond donors (Lipinski definition) is 0. The summed E-state index contributed by atoms with van der Waals surface area (Å²) < 4.78 is 5.62. The molecule has 2 unspecified atom stereocenters. The van der Waals surface area contributed by atoms with E-state index in [1.807, 2.05) is 0 Å². The summed E-state index contributed by atoms with van der Waals surface area (Å²) in [4.78, 5) is 0. The Balaban J connectivity index is 2.42. The van der Waals surface area contributed by atoms with Crippen LogP contribution >= 0.6 is 0 Å². The van der Waals surface area contributed by atoms with Crippen LogP contribution in [0.15, 0.2) is 24.3 Å². The summed E-state index contributed by atoms with van der Waals surface area (Å²) >= 11 is 0. The van der Waals surface area contributed by atoms with Gasteiger partial charge in [0.15, 0.2) is 0 Å². The van der Waals surface area contributed by atoms with Gasteiger partial charge >= 0.3 is 0 Å². The van der Waals surface area contributed by atoms with E-state index in [4.69, 9.17) is 4.74 Å². The third-order valence-corrected chi connectivity index (χ3v) is 2.75. The summed E-state index contributed by atoms with van der Waals surface area (Å²) in [7, 11) is 0. The molecular weight excluding hydrogens is 148 g/mol. The number of benzene rings is 1. The molecule has 0 saturated carbocycles. The van der Waals surface area contributed by atoms with Crippen LogP contribution in [0, 0.1) is 0 Å². The van der Waals surface area contributed by atoms with Crippen molar-refractivity contribution in [2.75, 3.05) is 0 Å². The molecule has 12 heavy (non-hydrogen) atoms. The van der Waals surface area contributed by atoms with Gasteiger partial charge < -0.3 is 4.74 Å². The van der Waals surface area contributed by atoms with Crippen LogP contribution in [0.5, 0.6) is 0 Å². The number of fused-ring (bicyclic) bond motifs is 1. The fourth-order valence-electron chi connectivity index (χ4n) is 1.73. The second-order valence-corrected chi connectivity index (χ2v) is 3.50. The minimum Gasteiger partial charge on any atom is -0.373 e. The van der Waals surface area contributed by atoms with E-state index in [-0.39, 0.29) is 0 Å². The fourth-order valence-corrected chi connectivity index (χ4v) is 1.73. The Bertz CT molecular complexity index is 280. The van der Waals surface area contributed by atoms with Gasteiger partial charge in [0.05, 0.1) is 12.7 Å². The lowest BCUT2D eigenvalue weighted by atomic mass is 9.90. The Morgan fingerprint density at radius 3 is 2.83 bits per heavy atom. The third kappa shape index (κ3) is 1.14. The van der Waals surface area contributed by atoms with Crippen LogP contribution in [0.25, 0.3) is 0 Å². The molecule has 0 bridgehead atoms. The molecule has 1 heterocycles. The van der Waals surface area contributed by atoms with Gasteiger partial charge in [-0.25, -0.2) is 0 Å². The standard InChI is InChI=1S/C11H14O/c1-8-9(2)12-7-10-5-3-4-6-11(8)10/h3-6,8-9H,7H2,1-2H3. The highest BCUT2D eigenvalue weighted by Crippen LogP contribution is 2.30. The first-order valence-corrected chi connectivity index (χ1v) is 4.48. The zero-order chi connectivity index (χ0) is 8.55.